The van der Waals surface area contributed by atoms with E-state index >= 15 is 0 Å². The molecule has 0 N–H and O–H groups in total. The van der Waals surface area contributed by atoms with Gasteiger partial charge in [-0.3, -0.25) is 14.6 Å². The number of benzene rings is 3. The molecule has 2 aliphatic rings. The number of carbonyl (C=O) groups is 1. The fourth-order valence-corrected chi connectivity index (χ4v) is 5.05. The van der Waals surface area contributed by atoms with Crippen LogP contribution in [0.25, 0.3) is 0 Å². The Morgan fingerprint density at radius 1 is 0.800 bits per heavy atom. The number of rotatable bonds is 4. The van der Waals surface area contributed by atoms with Crippen LogP contribution >= 0.6 is 0 Å². The van der Waals surface area contributed by atoms with Gasteiger partial charge in [0.1, 0.15) is 11.4 Å². The highest BCUT2D eigenvalue weighted by Crippen LogP contribution is 2.43. The third-order valence-electron chi connectivity index (χ3n) is 6.56. The molecule has 0 radical (unpaired) electrons. The highest BCUT2D eigenvalue weighted by molar-refractivity contribution is 6.08. The van der Waals surface area contributed by atoms with Gasteiger partial charge in [0.05, 0.1) is 5.56 Å². The van der Waals surface area contributed by atoms with E-state index in [1.807, 2.05) is 42.5 Å². The van der Waals surface area contributed by atoms with Crippen molar-refractivity contribution < 1.29 is 9.18 Å². The van der Waals surface area contributed by atoms with Gasteiger partial charge in [0.25, 0.3) is 0 Å². The van der Waals surface area contributed by atoms with E-state index in [1.54, 1.807) is 6.07 Å². The summed E-state index contributed by atoms with van der Waals surface area (Å²) in [5.41, 5.74) is 2.53. The van der Waals surface area contributed by atoms with E-state index in [9.17, 15) is 9.18 Å². The maximum Gasteiger partial charge on any atom is 0.191 e. The number of hydrogen-bond acceptors (Lipinski definition) is 3. The molecule has 1 heterocycles. The molecule has 1 aliphatic heterocycles. The van der Waals surface area contributed by atoms with Crippen molar-refractivity contribution in [3.8, 4) is 0 Å². The SMILES string of the molecule is O=C1c2c(F)cccc2CC1(c1ccccc1)N1CCN(Cc2ccccc2)CC1. The molecule has 3 nitrogen and oxygen atoms in total. The molecule has 5 rings (SSSR count). The molecule has 1 unspecified atom stereocenters. The normalized spacial score (nSPS) is 22.2. The number of nitrogens with zero attached hydrogens (tertiary/aromatic N) is 2. The summed E-state index contributed by atoms with van der Waals surface area (Å²) in [5, 5.41) is 0. The van der Waals surface area contributed by atoms with Crippen molar-refractivity contribution in [3.63, 3.8) is 0 Å². The first-order valence-electron chi connectivity index (χ1n) is 10.6. The van der Waals surface area contributed by atoms with Gasteiger partial charge in [-0.15, -0.1) is 0 Å². The Morgan fingerprint density at radius 2 is 1.47 bits per heavy atom. The minimum absolute atomic E-state index is 0.0988. The Hall–Kier alpha value is -2.82. The zero-order chi connectivity index (χ0) is 20.6. The number of piperazine rings is 1. The molecular formula is C26H25FN2O. The first-order valence-corrected chi connectivity index (χ1v) is 10.6. The van der Waals surface area contributed by atoms with Gasteiger partial charge in [0, 0.05) is 39.1 Å². The van der Waals surface area contributed by atoms with Crippen molar-refractivity contribution in [1.82, 2.24) is 9.80 Å². The van der Waals surface area contributed by atoms with Gasteiger partial charge in [0.2, 0.25) is 0 Å². The molecule has 152 valence electrons. The van der Waals surface area contributed by atoms with Crippen LogP contribution in [0.4, 0.5) is 4.39 Å². The third-order valence-corrected chi connectivity index (χ3v) is 6.56. The number of ketones is 1. The lowest BCUT2D eigenvalue weighted by atomic mass is 9.83. The Bertz CT molecular complexity index is 1050. The number of carbonyl (C=O) groups excluding carboxylic acids is 1. The van der Waals surface area contributed by atoms with Gasteiger partial charge in [0.15, 0.2) is 5.78 Å². The molecule has 0 spiro atoms. The predicted octanol–water partition coefficient (Wildman–Crippen LogP) is 4.28. The molecule has 30 heavy (non-hydrogen) atoms. The summed E-state index contributed by atoms with van der Waals surface area (Å²) in [4.78, 5) is 18.4. The van der Waals surface area contributed by atoms with Crippen molar-refractivity contribution in [2.24, 2.45) is 0 Å². The molecular weight excluding hydrogens is 375 g/mol. The van der Waals surface area contributed by atoms with E-state index < -0.39 is 11.4 Å². The molecule has 1 saturated heterocycles. The molecule has 0 aromatic heterocycles. The van der Waals surface area contributed by atoms with Crippen molar-refractivity contribution in [2.45, 2.75) is 18.5 Å². The molecule has 0 bridgehead atoms. The van der Waals surface area contributed by atoms with Crippen molar-refractivity contribution in [2.75, 3.05) is 26.2 Å². The molecule has 0 saturated carbocycles. The molecule has 3 aromatic rings. The lowest BCUT2D eigenvalue weighted by Crippen LogP contribution is -2.58. The number of halogens is 1. The molecule has 1 atom stereocenters. The van der Waals surface area contributed by atoms with Crippen molar-refractivity contribution in [1.29, 1.82) is 0 Å². The van der Waals surface area contributed by atoms with Crippen LogP contribution in [0.15, 0.2) is 78.9 Å². The topological polar surface area (TPSA) is 23.6 Å². The van der Waals surface area contributed by atoms with Crippen LogP contribution in [-0.2, 0) is 18.5 Å². The van der Waals surface area contributed by atoms with Gasteiger partial charge >= 0.3 is 0 Å². The second kappa shape index (κ2) is 7.78. The van der Waals surface area contributed by atoms with E-state index in [0.29, 0.717) is 6.42 Å². The van der Waals surface area contributed by atoms with Gasteiger partial charge in [-0.05, 0) is 22.8 Å². The van der Waals surface area contributed by atoms with Crippen LogP contribution in [0.3, 0.4) is 0 Å². The Morgan fingerprint density at radius 3 is 2.13 bits per heavy atom. The zero-order valence-electron chi connectivity index (χ0n) is 16.9. The molecule has 1 aliphatic carbocycles. The Kier molecular flexibility index (Phi) is 4.97. The quantitative estimate of drug-likeness (QED) is 0.653. The van der Waals surface area contributed by atoms with Gasteiger partial charge < -0.3 is 0 Å². The predicted molar refractivity (Wildman–Crippen MR) is 116 cm³/mol. The summed E-state index contributed by atoms with van der Waals surface area (Å²) in [7, 11) is 0. The fourth-order valence-electron chi connectivity index (χ4n) is 5.05. The van der Waals surface area contributed by atoms with E-state index in [0.717, 1.165) is 43.9 Å². The summed E-state index contributed by atoms with van der Waals surface area (Å²) in [6, 6.07) is 25.4. The van der Waals surface area contributed by atoms with Crippen LogP contribution in [0.1, 0.15) is 27.0 Å². The van der Waals surface area contributed by atoms with Gasteiger partial charge in [-0.2, -0.15) is 0 Å². The first kappa shape index (κ1) is 19.2. The smallest absolute Gasteiger partial charge is 0.191 e. The minimum atomic E-state index is -0.815. The van der Waals surface area contributed by atoms with Crippen molar-refractivity contribution in [3.05, 3.63) is 107 Å². The average Bonchev–Trinajstić information content (AvgIpc) is 3.10. The van der Waals surface area contributed by atoms with Crippen LogP contribution in [0.2, 0.25) is 0 Å². The maximum absolute atomic E-state index is 14.6. The Balaban J connectivity index is 1.44. The summed E-state index contributed by atoms with van der Waals surface area (Å²) >= 11 is 0. The number of Topliss-reactive ketones (excluding diaryl/α,β-unsaturated/α-hetero) is 1. The second-order valence-electron chi connectivity index (χ2n) is 8.25. The first-order chi connectivity index (χ1) is 14.7. The maximum atomic E-state index is 14.6. The van der Waals surface area contributed by atoms with E-state index in [-0.39, 0.29) is 11.3 Å². The highest BCUT2D eigenvalue weighted by Gasteiger charge is 2.52. The van der Waals surface area contributed by atoms with Crippen LogP contribution in [-0.4, -0.2) is 41.8 Å². The molecule has 0 amide bonds. The largest absolute Gasteiger partial charge is 0.297 e. The van der Waals surface area contributed by atoms with E-state index in [1.165, 1.54) is 11.6 Å². The standard InChI is InChI=1S/C26H25FN2O/c27-23-13-7-10-21-18-26(25(30)24(21)23,22-11-5-2-6-12-22)29-16-14-28(15-17-29)19-20-8-3-1-4-9-20/h1-13H,14-19H2. The number of fused-ring (bicyclic) bond motifs is 1. The van der Waals surface area contributed by atoms with Gasteiger partial charge in [-0.1, -0.05) is 72.8 Å². The fraction of sp³-hybridized carbons (Fsp3) is 0.269. The van der Waals surface area contributed by atoms with Crippen LogP contribution < -0.4 is 0 Å². The monoisotopic (exact) mass is 400 g/mol. The van der Waals surface area contributed by atoms with Crippen LogP contribution in [0, 0.1) is 5.82 Å². The summed E-state index contributed by atoms with van der Waals surface area (Å²) in [5.74, 6) is -0.503. The second-order valence-corrected chi connectivity index (χ2v) is 8.25. The minimum Gasteiger partial charge on any atom is -0.297 e. The summed E-state index contributed by atoms with van der Waals surface area (Å²) < 4.78 is 14.6. The summed E-state index contributed by atoms with van der Waals surface area (Å²) in [6.45, 7) is 4.24. The molecule has 3 aromatic carbocycles. The Labute approximate surface area is 176 Å². The highest BCUT2D eigenvalue weighted by atomic mass is 19.1. The van der Waals surface area contributed by atoms with Crippen LogP contribution in [0.5, 0.6) is 0 Å². The molecule has 1 fully saturated rings. The van der Waals surface area contributed by atoms with Gasteiger partial charge in [-0.25, -0.2) is 4.39 Å². The number of hydrogen-bond donors (Lipinski definition) is 0. The molecule has 4 heteroatoms. The van der Waals surface area contributed by atoms with E-state index in [4.69, 9.17) is 0 Å². The lowest BCUT2D eigenvalue weighted by molar-refractivity contribution is 0.0286. The third kappa shape index (κ3) is 3.17. The zero-order valence-corrected chi connectivity index (χ0v) is 16.9. The lowest BCUT2D eigenvalue weighted by Gasteiger charge is -2.45. The average molecular weight is 400 g/mol. The van der Waals surface area contributed by atoms with Crippen molar-refractivity contribution >= 4 is 5.78 Å². The summed E-state index contributed by atoms with van der Waals surface area (Å²) in [6.07, 6.45) is 0.529. The van der Waals surface area contributed by atoms with E-state index in [2.05, 4.69) is 34.1 Å².